The Morgan fingerprint density at radius 2 is 2.10 bits per heavy atom. The normalized spacial score (nSPS) is 19.5. The number of nitriles is 1. The lowest BCUT2D eigenvalue weighted by Gasteiger charge is -2.19. The number of amides is 1. The van der Waals surface area contributed by atoms with Crippen LogP contribution in [0.5, 0.6) is 0 Å². The van der Waals surface area contributed by atoms with Crippen LogP contribution in [0.1, 0.15) is 38.2 Å². The monoisotopic (exact) mass is 285 g/mol. The minimum absolute atomic E-state index is 0.0228. The van der Waals surface area contributed by atoms with Gasteiger partial charge in [-0.25, -0.2) is 0 Å². The van der Waals surface area contributed by atoms with Gasteiger partial charge in [-0.3, -0.25) is 9.69 Å². The van der Waals surface area contributed by atoms with E-state index in [1.54, 1.807) is 24.3 Å². The Morgan fingerprint density at radius 3 is 2.76 bits per heavy atom. The van der Waals surface area contributed by atoms with Crippen molar-refractivity contribution in [3.8, 4) is 6.07 Å². The standard InChI is InChI=1S/C17H23N3O/c1-2-14-4-3-10-20(11-9-14)13-17(21)19-16-7-5-15(12-18)6-8-16/h5-8,14H,2-4,9-11,13H2,1H3,(H,19,21). The molecule has 1 aromatic rings. The van der Waals surface area contributed by atoms with Crippen LogP contribution in [-0.2, 0) is 4.79 Å². The Labute approximate surface area is 126 Å². The molecule has 4 nitrogen and oxygen atoms in total. The molecule has 2 rings (SSSR count). The van der Waals surface area contributed by atoms with Crippen LogP contribution in [0.3, 0.4) is 0 Å². The van der Waals surface area contributed by atoms with Gasteiger partial charge >= 0.3 is 0 Å². The average Bonchev–Trinajstić information content (AvgIpc) is 2.73. The lowest BCUT2D eigenvalue weighted by Crippen LogP contribution is -2.34. The number of carbonyl (C=O) groups is 1. The van der Waals surface area contributed by atoms with Gasteiger partial charge in [0.15, 0.2) is 0 Å². The van der Waals surface area contributed by atoms with E-state index < -0.39 is 0 Å². The molecular weight excluding hydrogens is 262 g/mol. The zero-order valence-corrected chi connectivity index (χ0v) is 12.6. The molecule has 0 bridgehead atoms. The lowest BCUT2D eigenvalue weighted by atomic mass is 9.98. The summed E-state index contributed by atoms with van der Waals surface area (Å²) in [7, 11) is 0. The second-order valence-corrected chi connectivity index (χ2v) is 5.72. The van der Waals surface area contributed by atoms with E-state index in [1.165, 1.54) is 25.7 Å². The van der Waals surface area contributed by atoms with Crippen LogP contribution >= 0.6 is 0 Å². The van der Waals surface area contributed by atoms with Crippen LogP contribution in [0.25, 0.3) is 0 Å². The first-order valence-corrected chi connectivity index (χ1v) is 7.73. The molecule has 1 aromatic carbocycles. The third kappa shape index (κ3) is 4.87. The number of hydrogen-bond acceptors (Lipinski definition) is 3. The van der Waals surface area contributed by atoms with Crippen molar-refractivity contribution in [3.05, 3.63) is 29.8 Å². The molecule has 1 atom stereocenters. The summed E-state index contributed by atoms with van der Waals surface area (Å²) in [6.45, 7) is 4.73. The Hall–Kier alpha value is -1.86. The van der Waals surface area contributed by atoms with E-state index in [0.29, 0.717) is 12.1 Å². The maximum atomic E-state index is 12.1. The SMILES string of the molecule is CCC1CCCN(CC(=O)Nc2ccc(C#N)cc2)CC1. The minimum atomic E-state index is 0.0228. The predicted octanol–water partition coefficient (Wildman–Crippen LogP) is 3.01. The summed E-state index contributed by atoms with van der Waals surface area (Å²) in [6, 6.07) is 9.04. The number of likely N-dealkylation sites (tertiary alicyclic amines) is 1. The van der Waals surface area contributed by atoms with Crippen LogP contribution in [0.4, 0.5) is 5.69 Å². The van der Waals surface area contributed by atoms with Crippen LogP contribution in [-0.4, -0.2) is 30.4 Å². The molecule has 1 fully saturated rings. The fraction of sp³-hybridized carbons (Fsp3) is 0.529. The lowest BCUT2D eigenvalue weighted by molar-refractivity contribution is -0.117. The largest absolute Gasteiger partial charge is 0.325 e. The summed E-state index contributed by atoms with van der Waals surface area (Å²) in [5.41, 5.74) is 1.35. The molecule has 1 N–H and O–H groups in total. The van der Waals surface area contributed by atoms with Gasteiger partial charge in [0.25, 0.3) is 0 Å². The highest BCUT2D eigenvalue weighted by molar-refractivity contribution is 5.92. The molecule has 0 spiro atoms. The van der Waals surface area contributed by atoms with Crippen molar-refractivity contribution in [2.24, 2.45) is 5.92 Å². The van der Waals surface area contributed by atoms with Gasteiger partial charge in [0.1, 0.15) is 0 Å². The first-order chi connectivity index (χ1) is 10.2. The first-order valence-electron chi connectivity index (χ1n) is 7.73. The fourth-order valence-corrected chi connectivity index (χ4v) is 2.82. The van der Waals surface area contributed by atoms with Crippen LogP contribution < -0.4 is 5.32 Å². The van der Waals surface area contributed by atoms with Gasteiger partial charge in [-0.1, -0.05) is 13.3 Å². The third-order valence-electron chi connectivity index (χ3n) is 4.18. The maximum Gasteiger partial charge on any atom is 0.238 e. The zero-order chi connectivity index (χ0) is 15.1. The summed E-state index contributed by atoms with van der Waals surface area (Å²) >= 11 is 0. The topological polar surface area (TPSA) is 56.1 Å². The van der Waals surface area contributed by atoms with Crippen LogP contribution in [0.2, 0.25) is 0 Å². The van der Waals surface area contributed by atoms with E-state index in [1.807, 2.05) is 0 Å². The average molecular weight is 285 g/mol. The number of anilines is 1. The van der Waals surface area contributed by atoms with Gasteiger partial charge in [0, 0.05) is 5.69 Å². The number of nitrogens with one attached hydrogen (secondary N) is 1. The molecule has 1 aliphatic rings. The fourth-order valence-electron chi connectivity index (χ4n) is 2.82. The quantitative estimate of drug-likeness (QED) is 0.925. The van der Waals surface area contributed by atoms with E-state index in [4.69, 9.17) is 5.26 Å². The molecule has 0 saturated carbocycles. The van der Waals surface area contributed by atoms with E-state index in [-0.39, 0.29) is 5.91 Å². The van der Waals surface area contributed by atoms with Gasteiger partial charge in [-0.2, -0.15) is 5.26 Å². The van der Waals surface area contributed by atoms with Gasteiger partial charge in [-0.15, -0.1) is 0 Å². The number of hydrogen-bond donors (Lipinski definition) is 1. The van der Waals surface area contributed by atoms with E-state index in [2.05, 4.69) is 23.2 Å². The van der Waals surface area contributed by atoms with Gasteiger partial charge in [0.05, 0.1) is 18.2 Å². The molecule has 1 saturated heterocycles. The van der Waals surface area contributed by atoms with Crippen molar-refractivity contribution in [1.29, 1.82) is 5.26 Å². The molecule has 1 unspecified atom stereocenters. The van der Waals surface area contributed by atoms with Crippen molar-refractivity contribution in [2.75, 3.05) is 25.0 Å². The molecular formula is C17H23N3O. The Morgan fingerprint density at radius 1 is 1.33 bits per heavy atom. The van der Waals surface area contributed by atoms with E-state index in [0.717, 1.165) is 24.7 Å². The maximum absolute atomic E-state index is 12.1. The van der Waals surface area contributed by atoms with Crippen molar-refractivity contribution >= 4 is 11.6 Å². The van der Waals surface area contributed by atoms with Gasteiger partial charge in [-0.05, 0) is 62.5 Å². The smallest absolute Gasteiger partial charge is 0.238 e. The van der Waals surface area contributed by atoms with Crippen molar-refractivity contribution in [2.45, 2.75) is 32.6 Å². The zero-order valence-electron chi connectivity index (χ0n) is 12.6. The van der Waals surface area contributed by atoms with E-state index >= 15 is 0 Å². The van der Waals surface area contributed by atoms with Crippen LogP contribution in [0.15, 0.2) is 24.3 Å². The Bertz CT molecular complexity index is 504. The van der Waals surface area contributed by atoms with E-state index in [9.17, 15) is 4.79 Å². The second-order valence-electron chi connectivity index (χ2n) is 5.72. The highest BCUT2D eigenvalue weighted by atomic mass is 16.2. The molecule has 4 heteroatoms. The Kier molecular flexibility index (Phi) is 5.77. The molecule has 0 aromatic heterocycles. The molecule has 0 radical (unpaired) electrons. The highest BCUT2D eigenvalue weighted by Crippen LogP contribution is 2.20. The molecule has 1 heterocycles. The molecule has 1 aliphatic heterocycles. The summed E-state index contributed by atoms with van der Waals surface area (Å²) in [5.74, 6) is 0.839. The summed E-state index contributed by atoms with van der Waals surface area (Å²) in [6.07, 6.45) is 4.90. The van der Waals surface area contributed by atoms with Crippen molar-refractivity contribution in [3.63, 3.8) is 0 Å². The third-order valence-corrected chi connectivity index (χ3v) is 4.18. The number of carbonyl (C=O) groups excluding carboxylic acids is 1. The number of benzene rings is 1. The second kappa shape index (κ2) is 7.80. The number of rotatable bonds is 4. The molecule has 21 heavy (non-hydrogen) atoms. The summed E-state index contributed by atoms with van der Waals surface area (Å²) in [4.78, 5) is 14.3. The molecule has 1 amide bonds. The Balaban J connectivity index is 1.82. The van der Waals surface area contributed by atoms with Crippen LogP contribution in [0, 0.1) is 17.2 Å². The molecule has 112 valence electrons. The van der Waals surface area contributed by atoms with Crippen molar-refractivity contribution < 1.29 is 4.79 Å². The molecule has 0 aliphatic carbocycles. The van der Waals surface area contributed by atoms with Gasteiger partial charge in [0.2, 0.25) is 5.91 Å². The predicted molar refractivity (Wildman–Crippen MR) is 83.9 cm³/mol. The highest BCUT2D eigenvalue weighted by Gasteiger charge is 2.17. The van der Waals surface area contributed by atoms with Crippen molar-refractivity contribution in [1.82, 2.24) is 4.90 Å². The minimum Gasteiger partial charge on any atom is -0.325 e. The van der Waals surface area contributed by atoms with Gasteiger partial charge < -0.3 is 5.32 Å². The number of nitrogens with zero attached hydrogens (tertiary/aromatic N) is 2. The first kappa shape index (κ1) is 15.5. The summed E-state index contributed by atoms with van der Waals surface area (Å²) in [5, 5.41) is 11.6. The summed E-state index contributed by atoms with van der Waals surface area (Å²) < 4.78 is 0.